The molecular formula is C11H18N2O. The van der Waals surface area contributed by atoms with Gasteiger partial charge >= 0.3 is 0 Å². The summed E-state index contributed by atoms with van der Waals surface area (Å²) in [4.78, 5) is 4.44. The Morgan fingerprint density at radius 1 is 1.64 bits per heavy atom. The lowest BCUT2D eigenvalue weighted by molar-refractivity contribution is 0.204. The van der Waals surface area contributed by atoms with Crippen LogP contribution < -0.4 is 0 Å². The molecule has 0 radical (unpaired) electrons. The fraction of sp³-hybridized carbons (Fsp3) is 0.727. The van der Waals surface area contributed by atoms with Gasteiger partial charge in [-0.2, -0.15) is 0 Å². The van der Waals surface area contributed by atoms with E-state index in [0.29, 0.717) is 0 Å². The van der Waals surface area contributed by atoms with Gasteiger partial charge in [-0.25, -0.2) is 4.98 Å². The second-order valence-electron chi connectivity index (χ2n) is 4.01. The number of imidazole rings is 1. The summed E-state index contributed by atoms with van der Waals surface area (Å²) in [5.41, 5.74) is 1.30. The molecule has 0 spiro atoms. The fourth-order valence-corrected chi connectivity index (χ4v) is 2.30. The Bertz CT molecular complexity index is 306. The normalized spacial score (nSPS) is 20.9. The third-order valence-electron chi connectivity index (χ3n) is 2.97. The minimum absolute atomic E-state index is 0.250. The molecule has 1 atom stereocenters. The Morgan fingerprint density at radius 2 is 2.50 bits per heavy atom. The summed E-state index contributed by atoms with van der Waals surface area (Å²) in [7, 11) is 0. The van der Waals surface area contributed by atoms with E-state index in [1.54, 1.807) is 0 Å². The first-order chi connectivity index (χ1) is 6.86. The van der Waals surface area contributed by atoms with Gasteiger partial charge in [0.25, 0.3) is 0 Å². The van der Waals surface area contributed by atoms with Gasteiger partial charge < -0.3 is 9.67 Å². The molecule has 0 saturated heterocycles. The van der Waals surface area contributed by atoms with Crippen LogP contribution in [-0.4, -0.2) is 21.3 Å². The molecule has 2 rings (SSSR count). The molecule has 2 heterocycles. The molecule has 1 N–H and O–H groups in total. The lowest BCUT2D eigenvalue weighted by Gasteiger charge is -2.25. The highest BCUT2D eigenvalue weighted by molar-refractivity contribution is 5.10. The van der Waals surface area contributed by atoms with Crippen molar-refractivity contribution in [1.82, 2.24) is 9.55 Å². The molecule has 1 unspecified atom stereocenters. The molecule has 1 aliphatic rings. The second-order valence-corrected chi connectivity index (χ2v) is 4.01. The van der Waals surface area contributed by atoms with Gasteiger partial charge in [-0.1, -0.05) is 6.92 Å². The number of aliphatic hydroxyl groups is 1. The van der Waals surface area contributed by atoms with Gasteiger partial charge in [-0.15, -0.1) is 0 Å². The van der Waals surface area contributed by atoms with Crippen LogP contribution in [0.2, 0.25) is 0 Å². The molecule has 1 aliphatic heterocycles. The van der Waals surface area contributed by atoms with Crippen molar-refractivity contribution in [2.75, 3.05) is 6.61 Å². The largest absolute Gasteiger partial charge is 0.394 e. The summed E-state index contributed by atoms with van der Waals surface area (Å²) in [5, 5.41) is 9.30. The van der Waals surface area contributed by atoms with Crippen molar-refractivity contribution in [3.63, 3.8) is 0 Å². The standard InChI is InChI=1S/C11H18N2O/c1-2-4-11-12-7-9-5-3-6-10(8-14)13(9)11/h7,10,14H,2-6,8H2,1H3. The van der Waals surface area contributed by atoms with Gasteiger partial charge in [0.15, 0.2) is 0 Å². The van der Waals surface area contributed by atoms with Crippen LogP contribution in [0, 0.1) is 0 Å². The Kier molecular flexibility index (Phi) is 2.87. The first-order valence-corrected chi connectivity index (χ1v) is 5.52. The monoisotopic (exact) mass is 194 g/mol. The number of fused-ring (bicyclic) bond motifs is 1. The van der Waals surface area contributed by atoms with Crippen molar-refractivity contribution in [2.24, 2.45) is 0 Å². The fourth-order valence-electron chi connectivity index (χ4n) is 2.30. The lowest BCUT2D eigenvalue weighted by Crippen LogP contribution is -2.22. The van der Waals surface area contributed by atoms with E-state index in [9.17, 15) is 5.11 Å². The molecule has 78 valence electrons. The number of aromatic nitrogens is 2. The molecule has 0 bridgehead atoms. The van der Waals surface area contributed by atoms with Crippen molar-refractivity contribution >= 4 is 0 Å². The van der Waals surface area contributed by atoms with Crippen LogP contribution in [0.25, 0.3) is 0 Å². The average Bonchev–Trinajstić information content (AvgIpc) is 2.62. The number of nitrogens with zero attached hydrogens (tertiary/aromatic N) is 2. The number of aryl methyl sites for hydroxylation is 2. The van der Waals surface area contributed by atoms with E-state index in [0.717, 1.165) is 31.5 Å². The van der Waals surface area contributed by atoms with Gasteiger partial charge in [0, 0.05) is 18.3 Å². The first-order valence-electron chi connectivity index (χ1n) is 5.52. The number of hydrogen-bond acceptors (Lipinski definition) is 2. The van der Waals surface area contributed by atoms with E-state index in [1.807, 2.05) is 6.20 Å². The molecule has 3 heteroatoms. The Balaban J connectivity index is 2.31. The molecule has 0 aromatic carbocycles. The molecule has 0 amide bonds. The number of hydrogen-bond donors (Lipinski definition) is 1. The van der Waals surface area contributed by atoms with Crippen LogP contribution in [0.3, 0.4) is 0 Å². The van der Waals surface area contributed by atoms with E-state index in [2.05, 4.69) is 16.5 Å². The zero-order valence-corrected chi connectivity index (χ0v) is 8.74. The summed E-state index contributed by atoms with van der Waals surface area (Å²) in [6, 6.07) is 0.280. The van der Waals surface area contributed by atoms with Crippen LogP contribution in [-0.2, 0) is 12.8 Å². The van der Waals surface area contributed by atoms with Crippen molar-refractivity contribution in [3.05, 3.63) is 17.7 Å². The predicted octanol–water partition coefficient (Wildman–Crippen LogP) is 1.71. The van der Waals surface area contributed by atoms with E-state index >= 15 is 0 Å². The molecule has 0 aliphatic carbocycles. The maximum Gasteiger partial charge on any atom is 0.109 e. The van der Waals surface area contributed by atoms with Gasteiger partial charge in [-0.05, 0) is 25.7 Å². The zero-order valence-electron chi connectivity index (χ0n) is 8.74. The van der Waals surface area contributed by atoms with Gasteiger partial charge in [0.2, 0.25) is 0 Å². The molecule has 0 saturated carbocycles. The molecule has 1 aromatic rings. The van der Waals surface area contributed by atoms with Crippen molar-refractivity contribution in [2.45, 2.75) is 45.1 Å². The van der Waals surface area contributed by atoms with Crippen molar-refractivity contribution < 1.29 is 5.11 Å². The quantitative estimate of drug-likeness (QED) is 0.795. The molecule has 1 aromatic heterocycles. The lowest BCUT2D eigenvalue weighted by atomic mass is 10.0. The van der Waals surface area contributed by atoms with E-state index in [1.165, 1.54) is 12.1 Å². The predicted molar refractivity (Wildman–Crippen MR) is 55.3 cm³/mol. The van der Waals surface area contributed by atoms with Crippen LogP contribution in [0.4, 0.5) is 0 Å². The summed E-state index contributed by atoms with van der Waals surface area (Å²) >= 11 is 0. The Hall–Kier alpha value is -0.830. The number of rotatable bonds is 3. The van der Waals surface area contributed by atoms with Crippen LogP contribution in [0.1, 0.15) is 43.7 Å². The van der Waals surface area contributed by atoms with Gasteiger partial charge in [-0.3, -0.25) is 0 Å². The molecule has 3 nitrogen and oxygen atoms in total. The topological polar surface area (TPSA) is 38.0 Å². The Labute approximate surface area is 84.8 Å². The minimum Gasteiger partial charge on any atom is -0.394 e. The maximum absolute atomic E-state index is 9.30. The summed E-state index contributed by atoms with van der Waals surface area (Å²) < 4.78 is 2.26. The third-order valence-corrected chi connectivity index (χ3v) is 2.97. The highest BCUT2D eigenvalue weighted by atomic mass is 16.3. The summed E-state index contributed by atoms with van der Waals surface area (Å²) in [5.74, 6) is 1.15. The third kappa shape index (κ3) is 1.57. The van der Waals surface area contributed by atoms with Crippen LogP contribution in [0.5, 0.6) is 0 Å². The van der Waals surface area contributed by atoms with Gasteiger partial charge in [0.05, 0.1) is 12.6 Å². The maximum atomic E-state index is 9.30. The van der Waals surface area contributed by atoms with E-state index < -0.39 is 0 Å². The van der Waals surface area contributed by atoms with Crippen molar-refractivity contribution in [1.29, 1.82) is 0 Å². The Morgan fingerprint density at radius 3 is 3.21 bits per heavy atom. The summed E-state index contributed by atoms with van der Waals surface area (Å²) in [6.45, 7) is 2.42. The highest BCUT2D eigenvalue weighted by Crippen LogP contribution is 2.26. The zero-order chi connectivity index (χ0) is 9.97. The SMILES string of the molecule is CCCc1ncc2n1C(CO)CCC2. The van der Waals surface area contributed by atoms with Gasteiger partial charge in [0.1, 0.15) is 5.82 Å². The average molecular weight is 194 g/mol. The van der Waals surface area contributed by atoms with E-state index in [-0.39, 0.29) is 12.6 Å². The molecule has 0 fully saturated rings. The summed E-state index contributed by atoms with van der Waals surface area (Å²) in [6.07, 6.45) is 7.52. The second kappa shape index (κ2) is 4.13. The van der Waals surface area contributed by atoms with Crippen LogP contribution >= 0.6 is 0 Å². The molecule has 14 heavy (non-hydrogen) atoms. The van der Waals surface area contributed by atoms with Crippen molar-refractivity contribution in [3.8, 4) is 0 Å². The highest BCUT2D eigenvalue weighted by Gasteiger charge is 2.21. The smallest absolute Gasteiger partial charge is 0.109 e. The number of aliphatic hydroxyl groups excluding tert-OH is 1. The minimum atomic E-state index is 0.250. The van der Waals surface area contributed by atoms with E-state index in [4.69, 9.17) is 0 Å². The molecular weight excluding hydrogens is 176 g/mol. The van der Waals surface area contributed by atoms with Crippen LogP contribution in [0.15, 0.2) is 6.20 Å². The first kappa shape index (κ1) is 9.71.